The molecule has 0 fully saturated rings. The third-order valence-corrected chi connectivity index (χ3v) is 2.36. The van der Waals surface area contributed by atoms with Gasteiger partial charge in [0.25, 0.3) is 0 Å². The van der Waals surface area contributed by atoms with E-state index in [1.807, 2.05) is 13.8 Å². The number of carbonyl (C=O) groups excluding carboxylic acids is 1. The van der Waals surface area contributed by atoms with Gasteiger partial charge in [-0.25, -0.2) is 0 Å². The molecule has 15 heavy (non-hydrogen) atoms. The molecule has 1 atom stereocenters. The molecule has 0 spiro atoms. The molecule has 0 radical (unpaired) electrons. The van der Waals surface area contributed by atoms with E-state index in [2.05, 4.69) is 15.5 Å². The third-order valence-electron chi connectivity index (χ3n) is 2.36. The van der Waals surface area contributed by atoms with E-state index in [0.717, 1.165) is 12.0 Å². The lowest BCUT2D eigenvalue weighted by atomic mass is 10.1. The second-order valence-electron chi connectivity index (χ2n) is 3.86. The Labute approximate surface area is 89.4 Å². The van der Waals surface area contributed by atoms with Crippen LogP contribution in [-0.4, -0.2) is 22.6 Å². The van der Waals surface area contributed by atoms with Gasteiger partial charge in [0, 0.05) is 12.0 Å². The molecule has 0 aliphatic rings. The van der Waals surface area contributed by atoms with Crippen LogP contribution in [0.1, 0.15) is 25.3 Å². The van der Waals surface area contributed by atoms with E-state index in [1.165, 1.54) is 0 Å². The molecule has 1 aromatic rings. The normalized spacial score (nSPS) is 12.5. The van der Waals surface area contributed by atoms with E-state index < -0.39 is 0 Å². The fourth-order valence-electron chi connectivity index (χ4n) is 1.17. The van der Waals surface area contributed by atoms with Crippen molar-refractivity contribution in [3.8, 4) is 0 Å². The maximum atomic E-state index is 11.5. The maximum Gasteiger partial charge on any atom is 0.225 e. The van der Waals surface area contributed by atoms with Gasteiger partial charge in [-0.2, -0.15) is 5.10 Å². The summed E-state index contributed by atoms with van der Waals surface area (Å²) >= 11 is 0. The fourth-order valence-corrected chi connectivity index (χ4v) is 1.17. The first-order chi connectivity index (χ1) is 7.13. The fraction of sp³-hybridized carbons (Fsp3) is 0.600. The average Bonchev–Trinajstić information content (AvgIpc) is 2.61. The van der Waals surface area contributed by atoms with E-state index in [9.17, 15) is 4.79 Å². The van der Waals surface area contributed by atoms with Crippen molar-refractivity contribution in [3.63, 3.8) is 0 Å². The molecular formula is C10H18N4O. The van der Waals surface area contributed by atoms with E-state index in [1.54, 1.807) is 6.20 Å². The molecule has 0 aromatic carbocycles. The van der Waals surface area contributed by atoms with Crippen LogP contribution in [0.3, 0.4) is 0 Å². The van der Waals surface area contributed by atoms with Gasteiger partial charge in [-0.15, -0.1) is 0 Å². The number of amides is 1. The van der Waals surface area contributed by atoms with Crippen molar-refractivity contribution in [2.75, 3.05) is 11.9 Å². The standard InChI is InChI=1S/C10H18N4O/c1-7(5-11)3-4-9(15)13-10-8(2)6-12-14-10/h6-7H,3-5,11H2,1-2H3,(H2,12,13,14,15). The Morgan fingerprint density at radius 3 is 3.00 bits per heavy atom. The van der Waals surface area contributed by atoms with E-state index in [-0.39, 0.29) is 5.91 Å². The lowest BCUT2D eigenvalue weighted by Gasteiger charge is -2.07. The monoisotopic (exact) mass is 210 g/mol. The molecule has 84 valence electrons. The first-order valence-corrected chi connectivity index (χ1v) is 5.13. The molecule has 0 aliphatic carbocycles. The number of hydrogen-bond acceptors (Lipinski definition) is 3. The highest BCUT2D eigenvalue weighted by molar-refractivity contribution is 5.90. The number of carbonyl (C=O) groups is 1. The number of nitrogens with zero attached hydrogens (tertiary/aromatic N) is 1. The number of nitrogens with two attached hydrogens (primary N) is 1. The predicted octanol–water partition coefficient (Wildman–Crippen LogP) is 1.03. The quantitative estimate of drug-likeness (QED) is 0.678. The number of anilines is 1. The number of aryl methyl sites for hydroxylation is 1. The molecule has 1 aromatic heterocycles. The van der Waals surface area contributed by atoms with Crippen molar-refractivity contribution in [1.29, 1.82) is 0 Å². The zero-order chi connectivity index (χ0) is 11.3. The number of H-pyrrole nitrogens is 1. The highest BCUT2D eigenvalue weighted by Gasteiger charge is 2.07. The first kappa shape index (κ1) is 11.7. The summed E-state index contributed by atoms with van der Waals surface area (Å²) in [6, 6.07) is 0. The summed E-state index contributed by atoms with van der Waals surface area (Å²) in [6.45, 7) is 4.55. The zero-order valence-electron chi connectivity index (χ0n) is 9.21. The van der Waals surface area contributed by atoms with Gasteiger partial charge in [0.1, 0.15) is 5.82 Å². The first-order valence-electron chi connectivity index (χ1n) is 5.13. The number of nitrogens with one attached hydrogen (secondary N) is 2. The van der Waals surface area contributed by atoms with Crippen LogP contribution in [0.2, 0.25) is 0 Å². The molecule has 5 heteroatoms. The summed E-state index contributed by atoms with van der Waals surface area (Å²) in [7, 11) is 0. The maximum absolute atomic E-state index is 11.5. The SMILES string of the molecule is Cc1cn[nH]c1NC(=O)CCC(C)CN. The molecule has 1 amide bonds. The Balaban J connectivity index is 2.34. The molecule has 0 saturated heterocycles. The van der Waals surface area contributed by atoms with Crippen LogP contribution < -0.4 is 11.1 Å². The van der Waals surface area contributed by atoms with Crippen molar-refractivity contribution < 1.29 is 4.79 Å². The smallest absolute Gasteiger partial charge is 0.225 e. The minimum absolute atomic E-state index is 0.00245. The molecule has 0 saturated carbocycles. The second-order valence-corrected chi connectivity index (χ2v) is 3.86. The number of aromatic nitrogens is 2. The minimum Gasteiger partial charge on any atom is -0.330 e. The Bertz CT molecular complexity index is 321. The molecule has 5 nitrogen and oxygen atoms in total. The Morgan fingerprint density at radius 2 is 2.47 bits per heavy atom. The van der Waals surface area contributed by atoms with Crippen LogP contribution in [0.5, 0.6) is 0 Å². The van der Waals surface area contributed by atoms with Crippen LogP contribution >= 0.6 is 0 Å². The summed E-state index contributed by atoms with van der Waals surface area (Å²) in [5, 5.41) is 9.33. The van der Waals surface area contributed by atoms with Gasteiger partial charge in [-0.1, -0.05) is 6.92 Å². The van der Waals surface area contributed by atoms with Crippen LogP contribution in [0.25, 0.3) is 0 Å². The van der Waals surface area contributed by atoms with Crippen molar-refractivity contribution in [1.82, 2.24) is 10.2 Å². The number of aromatic amines is 1. The van der Waals surface area contributed by atoms with Crippen molar-refractivity contribution in [2.45, 2.75) is 26.7 Å². The lowest BCUT2D eigenvalue weighted by molar-refractivity contribution is -0.116. The summed E-state index contributed by atoms with van der Waals surface area (Å²) in [5.41, 5.74) is 6.41. The van der Waals surface area contributed by atoms with E-state index >= 15 is 0 Å². The van der Waals surface area contributed by atoms with Crippen LogP contribution in [0.15, 0.2) is 6.20 Å². The average molecular weight is 210 g/mol. The number of rotatable bonds is 5. The topological polar surface area (TPSA) is 83.8 Å². The van der Waals surface area contributed by atoms with Crippen molar-refractivity contribution >= 4 is 11.7 Å². The van der Waals surface area contributed by atoms with Crippen LogP contribution in [0, 0.1) is 12.8 Å². The lowest BCUT2D eigenvalue weighted by Crippen LogP contribution is -2.16. The van der Waals surface area contributed by atoms with Crippen molar-refractivity contribution in [2.24, 2.45) is 11.7 Å². The summed E-state index contributed by atoms with van der Waals surface area (Å²) in [4.78, 5) is 11.5. The molecule has 0 aliphatic heterocycles. The summed E-state index contributed by atoms with van der Waals surface area (Å²) in [6.07, 6.45) is 2.99. The van der Waals surface area contributed by atoms with Gasteiger partial charge in [0.2, 0.25) is 5.91 Å². The number of hydrogen-bond donors (Lipinski definition) is 3. The largest absolute Gasteiger partial charge is 0.330 e. The van der Waals surface area contributed by atoms with Gasteiger partial charge in [0.05, 0.1) is 6.20 Å². The summed E-state index contributed by atoms with van der Waals surface area (Å²) < 4.78 is 0. The zero-order valence-corrected chi connectivity index (χ0v) is 9.21. The predicted molar refractivity (Wildman–Crippen MR) is 59.4 cm³/mol. The van der Waals surface area contributed by atoms with E-state index in [0.29, 0.717) is 24.7 Å². The van der Waals surface area contributed by atoms with Gasteiger partial charge in [-0.3, -0.25) is 9.89 Å². The Morgan fingerprint density at radius 1 is 1.73 bits per heavy atom. The minimum atomic E-state index is 0.00245. The Kier molecular flexibility index (Phi) is 4.30. The van der Waals surface area contributed by atoms with Gasteiger partial charge in [0.15, 0.2) is 0 Å². The molecule has 1 rings (SSSR count). The molecule has 4 N–H and O–H groups in total. The van der Waals surface area contributed by atoms with E-state index in [4.69, 9.17) is 5.73 Å². The van der Waals surface area contributed by atoms with Crippen molar-refractivity contribution in [3.05, 3.63) is 11.8 Å². The van der Waals surface area contributed by atoms with Gasteiger partial charge in [-0.05, 0) is 25.8 Å². The van der Waals surface area contributed by atoms with Crippen LogP contribution in [0.4, 0.5) is 5.82 Å². The van der Waals surface area contributed by atoms with Gasteiger partial charge >= 0.3 is 0 Å². The highest BCUT2D eigenvalue weighted by atomic mass is 16.1. The van der Waals surface area contributed by atoms with Crippen LogP contribution in [-0.2, 0) is 4.79 Å². The highest BCUT2D eigenvalue weighted by Crippen LogP contribution is 2.10. The Hall–Kier alpha value is -1.36. The molecular weight excluding hydrogens is 192 g/mol. The third kappa shape index (κ3) is 3.71. The summed E-state index contributed by atoms with van der Waals surface area (Å²) in [5.74, 6) is 1.07. The molecule has 0 bridgehead atoms. The van der Waals surface area contributed by atoms with Gasteiger partial charge < -0.3 is 11.1 Å². The molecule has 1 unspecified atom stereocenters. The second kappa shape index (κ2) is 5.50. The molecule has 1 heterocycles.